The van der Waals surface area contributed by atoms with Crippen molar-refractivity contribution in [3.63, 3.8) is 0 Å². The van der Waals surface area contributed by atoms with Gasteiger partial charge in [-0.05, 0) is 17.2 Å². The van der Waals surface area contributed by atoms with Crippen molar-refractivity contribution in [2.45, 2.75) is 19.8 Å². The third-order valence-corrected chi connectivity index (χ3v) is 3.23. The molecule has 0 saturated heterocycles. The third-order valence-electron chi connectivity index (χ3n) is 3.23. The van der Waals surface area contributed by atoms with Crippen LogP contribution in [0.25, 0.3) is 0 Å². The van der Waals surface area contributed by atoms with Crippen LogP contribution in [0.15, 0.2) is 54.6 Å². The molecule has 5 nitrogen and oxygen atoms in total. The SMILES string of the molecule is CCC(=O)NNC(=O)COc1ccccc1Cc1ccccc1. The van der Waals surface area contributed by atoms with Crippen molar-refractivity contribution in [2.24, 2.45) is 0 Å². The molecule has 5 heteroatoms. The van der Waals surface area contributed by atoms with Crippen molar-refractivity contribution in [3.05, 3.63) is 65.7 Å². The number of hydrogen-bond donors (Lipinski definition) is 2. The van der Waals surface area contributed by atoms with E-state index < -0.39 is 5.91 Å². The lowest BCUT2D eigenvalue weighted by Gasteiger charge is -2.12. The monoisotopic (exact) mass is 312 g/mol. The first kappa shape index (κ1) is 16.5. The molecule has 23 heavy (non-hydrogen) atoms. The second kappa shape index (κ2) is 8.58. The molecule has 0 radical (unpaired) electrons. The Labute approximate surface area is 135 Å². The van der Waals surface area contributed by atoms with Gasteiger partial charge in [0.1, 0.15) is 5.75 Å². The average molecular weight is 312 g/mol. The fourth-order valence-corrected chi connectivity index (χ4v) is 2.01. The summed E-state index contributed by atoms with van der Waals surface area (Å²) in [6.07, 6.45) is 1.03. The normalized spacial score (nSPS) is 9.96. The lowest BCUT2D eigenvalue weighted by atomic mass is 10.0. The summed E-state index contributed by atoms with van der Waals surface area (Å²) in [5.41, 5.74) is 6.79. The molecule has 0 aromatic heterocycles. The summed E-state index contributed by atoms with van der Waals surface area (Å²) >= 11 is 0. The number of benzene rings is 2. The van der Waals surface area contributed by atoms with Crippen LogP contribution in [0.1, 0.15) is 24.5 Å². The topological polar surface area (TPSA) is 67.4 Å². The van der Waals surface area contributed by atoms with Gasteiger partial charge in [-0.25, -0.2) is 0 Å². The summed E-state index contributed by atoms with van der Waals surface area (Å²) in [7, 11) is 0. The van der Waals surface area contributed by atoms with Crippen molar-refractivity contribution in [1.29, 1.82) is 0 Å². The van der Waals surface area contributed by atoms with Gasteiger partial charge in [0.25, 0.3) is 5.91 Å². The van der Waals surface area contributed by atoms with E-state index in [9.17, 15) is 9.59 Å². The minimum absolute atomic E-state index is 0.157. The first-order valence-electron chi connectivity index (χ1n) is 7.51. The first-order chi connectivity index (χ1) is 11.2. The summed E-state index contributed by atoms with van der Waals surface area (Å²) in [4.78, 5) is 22.7. The van der Waals surface area contributed by atoms with E-state index in [0.717, 1.165) is 12.0 Å². The molecule has 2 amide bonds. The summed E-state index contributed by atoms with van der Waals surface area (Å²) in [6.45, 7) is 1.55. The lowest BCUT2D eigenvalue weighted by Crippen LogP contribution is -2.43. The zero-order valence-corrected chi connectivity index (χ0v) is 13.0. The highest BCUT2D eigenvalue weighted by Gasteiger charge is 2.08. The molecule has 0 aliphatic heterocycles. The van der Waals surface area contributed by atoms with Crippen molar-refractivity contribution in [1.82, 2.24) is 10.9 Å². The van der Waals surface area contributed by atoms with E-state index in [0.29, 0.717) is 12.2 Å². The standard InChI is InChI=1S/C18H20N2O3/c1-2-17(21)19-20-18(22)13-23-16-11-7-6-10-15(16)12-14-8-4-3-5-9-14/h3-11H,2,12-13H2,1H3,(H,19,21)(H,20,22). The largest absolute Gasteiger partial charge is 0.483 e. The molecular weight excluding hydrogens is 292 g/mol. The number of hydrogen-bond acceptors (Lipinski definition) is 3. The predicted octanol–water partition coefficient (Wildman–Crippen LogP) is 2.21. The molecule has 0 aliphatic carbocycles. The van der Waals surface area contributed by atoms with Crippen LogP contribution in [0.2, 0.25) is 0 Å². The molecule has 2 aromatic carbocycles. The fraction of sp³-hybridized carbons (Fsp3) is 0.222. The van der Waals surface area contributed by atoms with Crippen LogP contribution >= 0.6 is 0 Å². The number of carbonyl (C=O) groups is 2. The van der Waals surface area contributed by atoms with E-state index in [1.807, 2.05) is 54.6 Å². The van der Waals surface area contributed by atoms with Gasteiger partial charge in [0.2, 0.25) is 5.91 Å². The van der Waals surface area contributed by atoms with E-state index in [1.165, 1.54) is 5.56 Å². The number of para-hydroxylation sites is 1. The van der Waals surface area contributed by atoms with Gasteiger partial charge in [0.05, 0.1) is 0 Å². The predicted molar refractivity (Wildman–Crippen MR) is 87.8 cm³/mol. The number of hydrazine groups is 1. The number of rotatable bonds is 6. The average Bonchev–Trinajstić information content (AvgIpc) is 2.59. The zero-order chi connectivity index (χ0) is 16.5. The molecule has 0 atom stereocenters. The molecule has 2 N–H and O–H groups in total. The van der Waals surface area contributed by atoms with Crippen LogP contribution in [0.3, 0.4) is 0 Å². The van der Waals surface area contributed by atoms with Crippen molar-refractivity contribution < 1.29 is 14.3 Å². The van der Waals surface area contributed by atoms with E-state index >= 15 is 0 Å². The molecule has 0 aliphatic rings. The van der Waals surface area contributed by atoms with E-state index in [2.05, 4.69) is 10.9 Å². The van der Waals surface area contributed by atoms with Gasteiger partial charge in [-0.3, -0.25) is 20.4 Å². The quantitative estimate of drug-likeness (QED) is 0.804. The Morgan fingerprint density at radius 3 is 2.30 bits per heavy atom. The number of nitrogens with one attached hydrogen (secondary N) is 2. The molecule has 0 fully saturated rings. The Morgan fingerprint density at radius 1 is 0.913 bits per heavy atom. The molecule has 0 spiro atoms. The van der Waals surface area contributed by atoms with Crippen molar-refractivity contribution in [2.75, 3.05) is 6.61 Å². The van der Waals surface area contributed by atoms with Gasteiger partial charge >= 0.3 is 0 Å². The maximum atomic E-state index is 11.7. The summed E-state index contributed by atoms with van der Waals surface area (Å²) in [6, 6.07) is 17.6. The van der Waals surface area contributed by atoms with Gasteiger partial charge in [-0.1, -0.05) is 55.5 Å². The Kier molecular flexibility index (Phi) is 6.17. The highest BCUT2D eigenvalue weighted by Crippen LogP contribution is 2.21. The molecule has 0 unspecified atom stereocenters. The zero-order valence-electron chi connectivity index (χ0n) is 13.0. The molecule has 2 rings (SSSR count). The Hall–Kier alpha value is -2.82. The van der Waals surface area contributed by atoms with Crippen molar-refractivity contribution in [3.8, 4) is 5.75 Å². The highest BCUT2D eigenvalue weighted by molar-refractivity contribution is 5.82. The van der Waals surface area contributed by atoms with Gasteiger partial charge in [0.15, 0.2) is 6.61 Å². The molecule has 0 bridgehead atoms. The number of amides is 2. The van der Waals surface area contributed by atoms with Crippen LogP contribution < -0.4 is 15.6 Å². The fourth-order valence-electron chi connectivity index (χ4n) is 2.01. The van der Waals surface area contributed by atoms with Crippen molar-refractivity contribution >= 4 is 11.8 Å². The van der Waals surface area contributed by atoms with E-state index in [-0.39, 0.29) is 12.5 Å². The maximum absolute atomic E-state index is 11.7. The van der Waals surface area contributed by atoms with Gasteiger partial charge in [-0.15, -0.1) is 0 Å². The Balaban J connectivity index is 1.93. The molecule has 120 valence electrons. The van der Waals surface area contributed by atoms with E-state index in [1.54, 1.807) is 6.92 Å². The molecule has 0 saturated carbocycles. The highest BCUT2D eigenvalue weighted by atomic mass is 16.5. The van der Waals surface area contributed by atoms with Gasteiger partial charge in [-0.2, -0.15) is 0 Å². The molecule has 2 aromatic rings. The van der Waals surface area contributed by atoms with Crippen LogP contribution in [-0.2, 0) is 16.0 Å². The second-order valence-electron chi connectivity index (χ2n) is 5.01. The minimum Gasteiger partial charge on any atom is -0.483 e. The Bertz CT molecular complexity index is 656. The van der Waals surface area contributed by atoms with Crippen LogP contribution in [0.5, 0.6) is 5.75 Å². The van der Waals surface area contributed by atoms with Crippen LogP contribution in [-0.4, -0.2) is 18.4 Å². The third kappa shape index (κ3) is 5.47. The second-order valence-corrected chi connectivity index (χ2v) is 5.01. The molecule has 0 heterocycles. The van der Waals surface area contributed by atoms with Gasteiger partial charge in [0, 0.05) is 12.8 Å². The van der Waals surface area contributed by atoms with Crippen LogP contribution in [0, 0.1) is 0 Å². The smallest absolute Gasteiger partial charge is 0.276 e. The molecular formula is C18H20N2O3. The number of carbonyl (C=O) groups excluding carboxylic acids is 2. The summed E-state index contributed by atoms with van der Waals surface area (Å²) in [5, 5.41) is 0. The Morgan fingerprint density at radius 2 is 1.57 bits per heavy atom. The summed E-state index contributed by atoms with van der Waals surface area (Å²) < 4.78 is 5.57. The lowest BCUT2D eigenvalue weighted by molar-refractivity contribution is -0.129. The van der Waals surface area contributed by atoms with Crippen LogP contribution in [0.4, 0.5) is 0 Å². The number of ether oxygens (including phenoxy) is 1. The minimum atomic E-state index is -0.402. The van der Waals surface area contributed by atoms with E-state index in [4.69, 9.17) is 4.74 Å². The van der Waals surface area contributed by atoms with Gasteiger partial charge < -0.3 is 4.74 Å². The maximum Gasteiger partial charge on any atom is 0.276 e. The summed E-state index contributed by atoms with van der Waals surface area (Å²) in [5.74, 6) is 0.0115. The first-order valence-corrected chi connectivity index (χ1v) is 7.51.